The van der Waals surface area contributed by atoms with Gasteiger partial charge in [-0.25, -0.2) is 0 Å². The maximum atomic E-state index is 11.9. The fraction of sp³-hybridized carbons (Fsp3) is 0.571. The highest BCUT2D eigenvalue weighted by Crippen LogP contribution is 2.26. The van der Waals surface area contributed by atoms with Crippen LogP contribution in [-0.4, -0.2) is 23.5 Å². The maximum absolute atomic E-state index is 11.9. The number of pyridine rings is 1. The predicted molar refractivity (Wildman–Crippen MR) is 71.0 cm³/mol. The molecule has 4 heteroatoms. The van der Waals surface area contributed by atoms with Crippen LogP contribution < -0.4 is 11.1 Å². The summed E-state index contributed by atoms with van der Waals surface area (Å²) >= 11 is 0. The van der Waals surface area contributed by atoms with Gasteiger partial charge in [-0.15, -0.1) is 0 Å². The summed E-state index contributed by atoms with van der Waals surface area (Å²) in [5, 5.41) is 3.03. The van der Waals surface area contributed by atoms with E-state index in [9.17, 15) is 4.79 Å². The molecule has 1 fully saturated rings. The molecule has 0 aliphatic heterocycles. The topological polar surface area (TPSA) is 68.0 Å². The number of carbonyl (C=O) groups excluding carboxylic acids is 1. The number of nitrogens with zero attached hydrogens (tertiary/aromatic N) is 1. The molecule has 0 spiro atoms. The van der Waals surface area contributed by atoms with E-state index in [4.69, 9.17) is 5.73 Å². The fourth-order valence-corrected chi connectivity index (χ4v) is 2.23. The van der Waals surface area contributed by atoms with Crippen LogP contribution in [0.4, 0.5) is 0 Å². The summed E-state index contributed by atoms with van der Waals surface area (Å²) in [5.41, 5.74) is 6.80. The SMILES string of the molecule is CC(C)(CNC(=O)C1CC(N)C1)c1ccncc1. The number of rotatable bonds is 4. The van der Waals surface area contributed by atoms with Crippen molar-refractivity contribution in [3.63, 3.8) is 0 Å². The molecule has 18 heavy (non-hydrogen) atoms. The summed E-state index contributed by atoms with van der Waals surface area (Å²) in [6, 6.07) is 4.20. The standard InChI is InChI=1S/C14H21N3O/c1-14(2,11-3-5-16-6-4-11)9-17-13(18)10-7-12(15)8-10/h3-6,10,12H,7-9,15H2,1-2H3,(H,17,18). The second kappa shape index (κ2) is 5.06. The number of amides is 1. The van der Waals surface area contributed by atoms with E-state index in [1.54, 1.807) is 12.4 Å². The van der Waals surface area contributed by atoms with E-state index >= 15 is 0 Å². The van der Waals surface area contributed by atoms with E-state index in [0.717, 1.165) is 12.8 Å². The Balaban J connectivity index is 1.87. The van der Waals surface area contributed by atoms with E-state index in [1.807, 2.05) is 12.1 Å². The van der Waals surface area contributed by atoms with Crippen LogP contribution >= 0.6 is 0 Å². The Hall–Kier alpha value is -1.42. The lowest BCUT2D eigenvalue weighted by Gasteiger charge is -2.33. The molecule has 0 bridgehead atoms. The first-order valence-corrected chi connectivity index (χ1v) is 6.43. The van der Waals surface area contributed by atoms with Crippen LogP contribution in [0.3, 0.4) is 0 Å². The Bertz CT molecular complexity index is 410. The van der Waals surface area contributed by atoms with Crippen molar-refractivity contribution in [3.05, 3.63) is 30.1 Å². The summed E-state index contributed by atoms with van der Waals surface area (Å²) < 4.78 is 0. The molecule has 98 valence electrons. The van der Waals surface area contributed by atoms with Crippen LogP contribution in [0.1, 0.15) is 32.3 Å². The number of nitrogens with one attached hydrogen (secondary N) is 1. The van der Waals surface area contributed by atoms with Gasteiger partial charge < -0.3 is 11.1 Å². The summed E-state index contributed by atoms with van der Waals surface area (Å²) in [6.45, 7) is 4.88. The maximum Gasteiger partial charge on any atom is 0.223 e. The van der Waals surface area contributed by atoms with Gasteiger partial charge in [0.05, 0.1) is 0 Å². The molecule has 1 heterocycles. The summed E-state index contributed by atoms with van der Waals surface area (Å²) in [4.78, 5) is 15.9. The number of nitrogens with two attached hydrogens (primary N) is 1. The molecule has 4 nitrogen and oxygen atoms in total. The second-order valence-electron chi connectivity index (χ2n) is 5.77. The third kappa shape index (κ3) is 2.88. The molecule has 0 radical (unpaired) electrons. The van der Waals surface area contributed by atoms with E-state index in [1.165, 1.54) is 5.56 Å². The zero-order chi connectivity index (χ0) is 13.2. The minimum absolute atomic E-state index is 0.0789. The quantitative estimate of drug-likeness (QED) is 0.840. The molecule has 2 rings (SSSR count). The highest BCUT2D eigenvalue weighted by atomic mass is 16.1. The molecule has 1 saturated carbocycles. The van der Waals surface area contributed by atoms with Crippen LogP contribution in [0.2, 0.25) is 0 Å². The Morgan fingerprint density at radius 3 is 2.61 bits per heavy atom. The van der Waals surface area contributed by atoms with Crippen molar-refractivity contribution in [1.82, 2.24) is 10.3 Å². The van der Waals surface area contributed by atoms with Gasteiger partial charge in [-0.2, -0.15) is 0 Å². The largest absolute Gasteiger partial charge is 0.355 e. The molecule has 0 saturated heterocycles. The lowest BCUT2D eigenvalue weighted by Crippen LogP contribution is -2.47. The lowest BCUT2D eigenvalue weighted by molar-refractivity contribution is -0.128. The molecule has 1 amide bonds. The van der Waals surface area contributed by atoms with Gasteiger partial charge in [-0.05, 0) is 30.5 Å². The lowest BCUT2D eigenvalue weighted by atomic mass is 9.79. The van der Waals surface area contributed by atoms with Gasteiger partial charge in [0, 0.05) is 36.3 Å². The van der Waals surface area contributed by atoms with Gasteiger partial charge in [0.15, 0.2) is 0 Å². The Labute approximate surface area is 108 Å². The first kappa shape index (κ1) is 13.0. The third-order valence-electron chi connectivity index (χ3n) is 3.71. The smallest absolute Gasteiger partial charge is 0.223 e. The zero-order valence-corrected chi connectivity index (χ0v) is 11.0. The van der Waals surface area contributed by atoms with Gasteiger partial charge in [0.25, 0.3) is 0 Å². The zero-order valence-electron chi connectivity index (χ0n) is 11.0. The second-order valence-corrected chi connectivity index (χ2v) is 5.77. The number of aromatic nitrogens is 1. The molecule has 1 aromatic rings. The molecule has 3 N–H and O–H groups in total. The molecular formula is C14H21N3O. The normalized spacial score (nSPS) is 23.3. The van der Waals surface area contributed by atoms with Crippen LogP contribution in [-0.2, 0) is 10.2 Å². The Morgan fingerprint density at radius 2 is 2.06 bits per heavy atom. The molecule has 1 aliphatic carbocycles. The van der Waals surface area contributed by atoms with Crippen molar-refractivity contribution in [2.45, 2.75) is 38.1 Å². The minimum atomic E-state index is -0.0789. The van der Waals surface area contributed by atoms with Gasteiger partial charge >= 0.3 is 0 Å². The van der Waals surface area contributed by atoms with Gasteiger partial charge in [-0.3, -0.25) is 9.78 Å². The predicted octanol–water partition coefficient (Wildman–Crippen LogP) is 1.21. The summed E-state index contributed by atoms with van der Waals surface area (Å²) in [6.07, 6.45) is 5.21. The fourth-order valence-electron chi connectivity index (χ4n) is 2.23. The Kier molecular flexibility index (Phi) is 3.66. The molecule has 1 aromatic heterocycles. The molecule has 0 unspecified atom stereocenters. The van der Waals surface area contributed by atoms with Crippen LogP contribution in [0.25, 0.3) is 0 Å². The molecule has 0 atom stereocenters. The molecule has 0 aromatic carbocycles. The number of carbonyl (C=O) groups is 1. The van der Waals surface area contributed by atoms with Crippen molar-refractivity contribution in [2.75, 3.05) is 6.54 Å². The highest BCUT2D eigenvalue weighted by molar-refractivity contribution is 5.79. The Morgan fingerprint density at radius 1 is 1.44 bits per heavy atom. The summed E-state index contributed by atoms with van der Waals surface area (Å²) in [7, 11) is 0. The van der Waals surface area contributed by atoms with Gasteiger partial charge in [0.1, 0.15) is 0 Å². The minimum Gasteiger partial charge on any atom is -0.355 e. The third-order valence-corrected chi connectivity index (χ3v) is 3.71. The van der Waals surface area contributed by atoms with E-state index in [-0.39, 0.29) is 23.3 Å². The van der Waals surface area contributed by atoms with Crippen LogP contribution in [0, 0.1) is 5.92 Å². The van der Waals surface area contributed by atoms with Crippen LogP contribution in [0.5, 0.6) is 0 Å². The molecular weight excluding hydrogens is 226 g/mol. The number of hydrogen-bond donors (Lipinski definition) is 2. The van der Waals surface area contributed by atoms with E-state index in [2.05, 4.69) is 24.1 Å². The van der Waals surface area contributed by atoms with Crippen molar-refractivity contribution < 1.29 is 4.79 Å². The van der Waals surface area contributed by atoms with E-state index < -0.39 is 0 Å². The van der Waals surface area contributed by atoms with Crippen molar-refractivity contribution >= 4 is 5.91 Å². The average molecular weight is 247 g/mol. The van der Waals surface area contributed by atoms with Crippen LogP contribution in [0.15, 0.2) is 24.5 Å². The van der Waals surface area contributed by atoms with Crippen molar-refractivity contribution in [2.24, 2.45) is 11.7 Å². The average Bonchev–Trinajstić information content (AvgIpc) is 2.33. The monoisotopic (exact) mass is 247 g/mol. The number of hydrogen-bond acceptors (Lipinski definition) is 3. The highest BCUT2D eigenvalue weighted by Gasteiger charge is 2.32. The van der Waals surface area contributed by atoms with Crippen molar-refractivity contribution in [1.29, 1.82) is 0 Å². The van der Waals surface area contributed by atoms with Crippen molar-refractivity contribution in [3.8, 4) is 0 Å². The van der Waals surface area contributed by atoms with E-state index in [0.29, 0.717) is 6.54 Å². The van der Waals surface area contributed by atoms with Gasteiger partial charge in [0.2, 0.25) is 5.91 Å². The first-order chi connectivity index (χ1) is 8.49. The first-order valence-electron chi connectivity index (χ1n) is 6.43. The molecule has 1 aliphatic rings. The summed E-state index contributed by atoms with van der Waals surface area (Å²) in [5.74, 6) is 0.257. The van der Waals surface area contributed by atoms with Gasteiger partial charge in [-0.1, -0.05) is 13.8 Å².